The Balaban J connectivity index is 4.25. The third-order valence-corrected chi connectivity index (χ3v) is 7.61. The Morgan fingerprint density at radius 1 is 0.627 bits per heavy atom. The number of primary sulfonamides is 1. The van der Waals surface area contributed by atoms with Crippen LogP contribution in [0.3, 0.4) is 0 Å². The largest absolute Gasteiger partial charge is 0.480 e. The highest BCUT2D eigenvalue weighted by Crippen LogP contribution is 2.06. The van der Waals surface area contributed by atoms with Crippen molar-refractivity contribution >= 4 is 51.5 Å². The molecule has 0 aromatic heterocycles. The van der Waals surface area contributed by atoms with Gasteiger partial charge in [0.1, 0.15) is 18.7 Å². The fourth-order valence-electron chi connectivity index (χ4n) is 4.10. The van der Waals surface area contributed by atoms with Crippen molar-refractivity contribution in [3.63, 3.8) is 0 Å². The number of sulfonamides is 1. The Labute approximate surface area is 294 Å². The Kier molecular flexibility index (Phi) is 24.7. The lowest BCUT2D eigenvalue weighted by Gasteiger charge is -2.21. The van der Waals surface area contributed by atoms with Crippen LogP contribution in [-0.4, -0.2) is 147 Å². The second-order valence-corrected chi connectivity index (χ2v) is 12.9. The van der Waals surface area contributed by atoms with E-state index in [0.717, 1.165) is 0 Å². The van der Waals surface area contributed by atoms with E-state index in [1.54, 1.807) is 0 Å². The lowest BCUT2D eigenvalue weighted by molar-refractivity contribution is -0.143. The molecule has 0 aliphatic carbocycles. The molecule has 51 heavy (non-hydrogen) atoms. The smallest absolute Gasteiger partial charge is 0.326 e. The van der Waals surface area contributed by atoms with E-state index in [1.165, 1.54) is 0 Å². The summed E-state index contributed by atoms with van der Waals surface area (Å²) in [6.45, 7) is -0.0438. The van der Waals surface area contributed by atoms with Gasteiger partial charge < -0.3 is 62.2 Å². The fraction of sp³-hybridized carbons (Fsp3) is 0.750. The number of aliphatic hydroxyl groups is 2. The van der Waals surface area contributed by atoms with Gasteiger partial charge >= 0.3 is 11.9 Å². The average Bonchev–Trinajstić information content (AvgIpc) is 3.04. The number of unbranched alkanes of at least 4 members (excludes halogenated alkanes) is 1. The number of carbonyl (C=O) groups excluding carboxylic acids is 5. The molecular formula is C28H51N7O15S. The normalized spacial score (nSPS) is 13.0. The zero-order valence-corrected chi connectivity index (χ0v) is 29.0. The predicted octanol–water partition coefficient (Wildman–Crippen LogP) is -5.06. The second-order valence-electron chi connectivity index (χ2n) is 11.1. The van der Waals surface area contributed by atoms with Crippen LogP contribution in [0.4, 0.5) is 0 Å². The van der Waals surface area contributed by atoms with Gasteiger partial charge in [0.05, 0.1) is 38.2 Å². The summed E-state index contributed by atoms with van der Waals surface area (Å²) in [7, 11) is -3.79. The molecule has 0 aliphatic heterocycles. The SMILES string of the molecule is NCC(=O)NCCCCC(NC(=O)COCCOCCNC(=O)CCC(NC(=O)CCC(NC(=O)CCCS(N)(=O)=O)C(=O)O)C(O)O)C(=O)O. The summed E-state index contributed by atoms with van der Waals surface area (Å²) >= 11 is 0. The molecule has 0 heterocycles. The number of amides is 5. The molecule has 0 saturated heterocycles. The van der Waals surface area contributed by atoms with Crippen LogP contribution in [0.2, 0.25) is 0 Å². The van der Waals surface area contributed by atoms with E-state index in [0.29, 0.717) is 19.4 Å². The zero-order valence-electron chi connectivity index (χ0n) is 28.2. The molecule has 5 amide bonds. The van der Waals surface area contributed by atoms with Gasteiger partial charge in [-0.1, -0.05) is 0 Å². The quantitative estimate of drug-likeness (QED) is 0.0241. The number of aliphatic carboxylic acids is 2. The number of rotatable bonds is 30. The van der Waals surface area contributed by atoms with Gasteiger partial charge in [0.2, 0.25) is 39.6 Å². The molecule has 0 aromatic carbocycles. The first-order chi connectivity index (χ1) is 23.9. The first-order valence-electron chi connectivity index (χ1n) is 16.0. The monoisotopic (exact) mass is 757 g/mol. The standard InChI is InChI=1S/C28H51N7O15S/c29-16-24(39)31-10-2-1-4-18(26(41)42)35-25(40)17-50-14-13-49-12-11-32-21(36)8-6-19(27(43)44)34-23(38)9-7-20(28(45)46)33-22(37)5-3-15-51(30,47)48/h18-20,27,43-44H,1-17,29H2,(H,31,39)(H,32,36)(H,33,37)(H,34,38)(H,35,40)(H,41,42)(H,45,46)(H2,30,47,48). The molecule has 0 bridgehead atoms. The van der Waals surface area contributed by atoms with Gasteiger partial charge in [0.25, 0.3) is 0 Å². The molecule has 22 nitrogen and oxygen atoms in total. The molecule has 0 aliphatic rings. The number of ether oxygens (including phenoxy) is 2. The Morgan fingerprint density at radius 3 is 1.80 bits per heavy atom. The van der Waals surface area contributed by atoms with E-state index >= 15 is 0 Å². The molecule has 0 spiro atoms. The van der Waals surface area contributed by atoms with Crippen LogP contribution in [-0.2, 0) is 53.1 Å². The summed E-state index contributed by atoms with van der Waals surface area (Å²) in [6, 6.07) is -3.87. The number of hydrogen-bond acceptors (Lipinski definition) is 14. The van der Waals surface area contributed by atoms with Crippen molar-refractivity contribution in [2.24, 2.45) is 10.9 Å². The van der Waals surface area contributed by atoms with E-state index < -0.39 is 88.8 Å². The van der Waals surface area contributed by atoms with Crippen LogP contribution in [0.25, 0.3) is 0 Å². The van der Waals surface area contributed by atoms with Gasteiger partial charge in [-0.3, -0.25) is 24.0 Å². The molecule has 23 heteroatoms. The van der Waals surface area contributed by atoms with Crippen molar-refractivity contribution in [2.75, 3.05) is 51.8 Å². The highest BCUT2D eigenvalue weighted by Gasteiger charge is 2.24. The molecule has 0 radical (unpaired) electrons. The molecule has 0 saturated carbocycles. The van der Waals surface area contributed by atoms with Crippen LogP contribution < -0.4 is 37.5 Å². The maximum absolute atomic E-state index is 12.3. The van der Waals surface area contributed by atoms with Crippen molar-refractivity contribution < 1.29 is 71.9 Å². The average molecular weight is 758 g/mol. The number of carboxylic acids is 2. The minimum atomic E-state index is -3.79. The van der Waals surface area contributed by atoms with Gasteiger partial charge in [-0.15, -0.1) is 0 Å². The van der Waals surface area contributed by atoms with Gasteiger partial charge in [0, 0.05) is 32.4 Å². The van der Waals surface area contributed by atoms with Crippen LogP contribution in [0.15, 0.2) is 0 Å². The van der Waals surface area contributed by atoms with Crippen LogP contribution in [0.1, 0.15) is 57.8 Å². The number of carbonyl (C=O) groups is 7. The van der Waals surface area contributed by atoms with E-state index in [2.05, 4.69) is 26.6 Å². The minimum Gasteiger partial charge on any atom is -0.480 e. The van der Waals surface area contributed by atoms with Crippen LogP contribution in [0.5, 0.6) is 0 Å². The number of carboxylic acid groups (broad SMARTS) is 2. The maximum Gasteiger partial charge on any atom is 0.326 e. The molecule has 0 fully saturated rings. The number of nitrogens with one attached hydrogen (secondary N) is 5. The Morgan fingerprint density at radius 2 is 1.20 bits per heavy atom. The molecule has 0 rings (SSSR count). The van der Waals surface area contributed by atoms with E-state index in [4.69, 9.17) is 20.3 Å². The van der Waals surface area contributed by atoms with Crippen molar-refractivity contribution in [3.8, 4) is 0 Å². The van der Waals surface area contributed by atoms with Crippen LogP contribution in [0, 0.1) is 0 Å². The Hall–Kier alpha value is -4.00. The minimum absolute atomic E-state index is 0.00346. The molecule has 13 N–H and O–H groups in total. The molecular weight excluding hydrogens is 706 g/mol. The first-order valence-corrected chi connectivity index (χ1v) is 17.8. The molecule has 0 aromatic rings. The van der Waals surface area contributed by atoms with Gasteiger partial charge in [-0.25, -0.2) is 23.1 Å². The van der Waals surface area contributed by atoms with Crippen molar-refractivity contribution in [2.45, 2.75) is 82.2 Å². The first kappa shape index (κ1) is 47.0. The van der Waals surface area contributed by atoms with Crippen molar-refractivity contribution in [1.29, 1.82) is 0 Å². The lowest BCUT2D eigenvalue weighted by atomic mass is 10.1. The third-order valence-electron chi connectivity index (χ3n) is 6.75. The highest BCUT2D eigenvalue weighted by atomic mass is 32.2. The van der Waals surface area contributed by atoms with Gasteiger partial charge in [-0.05, 0) is 38.5 Å². The molecule has 3 unspecified atom stereocenters. The highest BCUT2D eigenvalue weighted by molar-refractivity contribution is 7.89. The van der Waals surface area contributed by atoms with Crippen molar-refractivity contribution in [1.82, 2.24) is 26.6 Å². The van der Waals surface area contributed by atoms with Gasteiger partial charge in [-0.2, -0.15) is 0 Å². The maximum atomic E-state index is 12.3. The summed E-state index contributed by atoms with van der Waals surface area (Å²) < 4.78 is 32.3. The number of nitrogens with two attached hydrogens (primary N) is 2. The molecule has 3 atom stereocenters. The summed E-state index contributed by atoms with van der Waals surface area (Å²) in [5.41, 5.74) is 5.17. The predicted molar refractivity (Wildman–Crippen MR) is 176 cm³/mol. The topological polar surface area (TPSA) is 365 Å². The number of aliphatic hydroxyl groups excluding tert-OH is 1. The second kappa shape index (κ2) is 26.8. The number of hydrogen-bond donors (Lipinski definition) is 11. The summed E-state index contributed by atoms with van der Waals surface area (Å²) in [6.07, 6.45) is -2.60. The van der Waals surface area contributed by atoms with E-state index in [-0.39, 0.29) is 77.3 Å². The van der Waals surface area contributed by atoms with E-state index in [1.807, 2.05) is 0 Å². The Bertz CT molecular complexity index is 1240. The molecule has 294 valence electrons. The van der Waals surface area contributed by atoms with Gasteiger partial charge in [0.15, 0.2) is 6.29 Å². The lowest BCUT2D eigenvalue weighted by Crippen LogP contribution is -2.45. The summed E-state index contributed by atoms with van der Waals surface area (Å²) in [4.78, 5) is 82.3. The zero-order chi connectivity index (χ0) is 38.8. The van der Waals surface area contributed by atoms with Crippen molar-refractivity contribution in [3.05, 3.63) is 0 Å². The third kappa shape index (κ3) is 26.5. The summed E-state index contributed by atoms with van der Waals surface area (Å²) in [5.74, 6) is -6.13. The van der Waals surface area contributed by atoms with Crippen LogP contribution >= 0.6 is 0 Å². The fourth-order valence-corrected chi connectivity index (χ4v) is 4.64. The summed E-state index contributed by atoms with van der Waals surface area (Å²) in [5, 5.41) is 54.6. The van der Waals surface area contributed by atoms with E-state index in [9.17, 15) is 62.4 Å².